The molecule has 3 heterocycles. The highest BCUT2D eigenvalue weighted by molar-refractivity contribution is 5.75. The summed E-state index contributed by atoms with van der Waals surface area (Å²) in [5, 5.41) is 8.94. The summed E-state index contributed by atoms with van der Waals surface area (Å²) in [5.41, 5.74) is 1.18. The first-order chi connectivity index (χ1) is 10.9. The van der Waals surface area contributed by atoms with Crippen LogP contribution in [0.1, 0.15) is 51.0 Å². The fraction of sp³-hybridized carbons (Fsp3) is 0.471. The molecule has 1 aliphatic heterocycles. The fourth-order valence-corrected chi connectivity index (χ4v) is 2.76. The Morgan fingerprint density at radius 3 is 2.96 bits per heavy atom. The molecule has 0 spiro atoms. The highest BCUT2D eigenvalue weighted by atomic mass is 16.6. The van der Waals surface area contributed by atoms with E-state index in [4.69, 9.17) is 14.4 Å². The van der Waals surface area contributed by atoms with Crippen LogP contribution in [0.5, 0.6) is 0 Å². The van der Waals surface area contributed by atoms with Crippen LogP contribution in [0.2, 0.25) is 0 Å². The number of pyridine rings is 1. The molecule has 1 aliphatic rings. The molecule has 2 aromatic heterocycles. The lowest BCUT2D eigenvalue weighted by molar-refractivity contribution is 0.0209. The molecule has 0 aromatic carbocycles. The average molecular weight is 313 g/mol. The van der Waals surface area contributed by atoms with Gasteiger partial charge in [0.25, 0.3) is 0 Å². The van der Waals surface area contributed by atoms with Gasteiger partial charge in [-0.3, -0.25) is 9.88 Å². The second-order valence-corrected chi connectivity index (χ2v) is 6.70. The molecular formula is C17H19N3O3. The molecule has 120 valence electrons. The Morgan fingerprint density at radius 2 is 2.26 bits per heavy atom. The summed E-state index contributed by atoms with van der Waals surface area (Å²) in [6, 6.07) is 5.40. The predicted octanol–water partition coefficient (Wildman–Crippen LogP) is 3.77. The van der Waals surface area contributed by atoms with Crippen LogP contribution in [0.3, 0.4) is 0 Å². The predicted molar refractivity (Wildman–Crippen MR) is 83.6 cm³/mol. The van der Waals surface area contributed by atoms with Crippen molar-refractivity contribution >= 4 is 17.2 Å². The average Bonchev–Trinajstić information content (AvgIpc) is 3.10. The van der Waals surface area contributed by atoms with Crippen LogP contribution in [-0.2, 0) is 4.74 Å². The molecule has 1 fully saturated rings. The second kappa shape index (κ2) is 5.58. The Hall–Kier alpha value is -2.55. The number of amides is 1. The molecule has 0 radical (unpaired) electrons. The molecular weight excluding hydrogens is 294 g/mol. The maximum absolute atomic E-state index is 12.4. The molecule has 0 N–H and O–H groups in total. The van der Waals surface area contributed by atoms with Crippen molar-refractivity contribution in [1.29, 1.82) is 5.26 Å². The third-order valence-corrected chi connectivity index (χ3v) is 3.73. The lowest BCUT2D eigenvalue weighted by atomic mass is 10.1. The minimum Gasteiger partial charge on any atom is -0.457 e. The van der Waals surface area contributed by atoms with Crippen LogP contribution < -0.4 is 0 Å². The minimum atomic E-state index is -0.526. The number of hydrogen-bond donors (Lipinski definition) is 0. The van der Waals surface area contributed by atoms with Gasteiger partial charge in [-0.05, 0) is 33.6 Å². The van der Waals surface area contributed by atoms with Gasteiger partial charge in [0.1, 0.15) is 22.9 Å². The van der Waals surface area contributed by atoms with E-state index in [0.29, 0.717) is 29.0 Å². The van der Waals surface area contributed by atoms with E-state index >= 15 is 0 Å². The summed E-state index contributed by atoms with van der Waals surface area (Å²) in [7, 11) is 0. The smallest absolute Gasteiger partial charge is 0.410 e. The molecule has 0 saturated carbocycles. The molecule has 0 unspecified atom stereocenters. The third-order valence-electron chi connectivity index (χ3n) is 3.73. The number of rotatable bonds is 1. The molecule has 0 bridgehead atoms. The van der Waals surface area contributed by atoms with Gasteiger partial charge in [-0.25, -0.2) is 4.79 Å². The van der Waals surface area contributed by atoms with Gasteiger partial charge in [0.15, 0.2) is 5.58 Å². The van der Waals surface area contributed by atoms with Crippen molar-refractivity contribution in [3.05, 3.63) is 29.7 Å². The number of hydrogen-bond acceptors (Lipinski definition) is 5. The molecule has 1 atom stereocenters. The number of furan rings is 1. The van der Waals surface area contributed by atoms with Crippen molar-refractivity contribution in [2.24, 2.45) is 0 Å². The van der Waals surface area contributed by atoms with Crippen LogP contribution in [0.25, 0.3) is 11.1 Å². The SMILES string of the molecule is CC(C)(C)OC(=O)N1CCC[C@@H]1c1cc2ncc(C#N)cc2o1. The van der Waals surface area contributed by atoms with Crippen LogP contribution in [0.4, 0.5) is 4.79 Å². The molecule has 23 heavy (non-hydrogen) atoms. The monoisotopic (exact) mass is 313 g/mol. The van der Waals surface area contributed by atoms with Crippen molar-refractivity contribution in [1.82, 2.24) is 9.88 Å². The highest BCUT2D eigenvalue weighted by Crippen LogP contribution is 2.35. The van der Waals surface area contributed by atoms with Gasteiger partial charge in [-0.2, -0.15) is 5.26 Å². The summed E-state index contributed by atoms with van der Waals surface area (Å²) in [4.78, 5) is 18.3. The first-order valence-electron chi connectivity index (χ1n) is 7.66. The van der Waals surface area contributed by atoms with E-state index < -0.39 is 5.60 Å². The summed E-state index contributed by atoms with van der Waals surface area (Å²) in [6.07, 6.45) is 2.91. The summed E-state index contributed by atoms with van der Waals surface area (Å²) >= 11 is 0. The molecule has 6 nitrogen and oxygen atoms in total. The fourth-order valence-electron chi connectivity index (χ4n) is 2.76. The van der Waals surface area contributed by atoms with Crippen LogP contribution in [0, 0.1) is 11.3 Å². The van der Waals surface area contributed by atoms with Crippen molar-refractivity contribution in [2.45, 2.75) is 45.3 Å². The second-order valence-electron chi connectivity index (χ2n) is 6.70. The zero-order chi connectivity index (χ0) is 16.6. The normalized spacial score (nSPS) is 18.2. The van der Waals surface area contributed by atoms with E-state index in [2.05, 4.69) is 4.98 Å². The molecule has 1 saturated heterocycles. The van der Waals surface area contributed by atoms with Crippen LogP contribution >= 0.6 is 0 Å². The Labute approximate surface area is 134 Å². The Kier molecular flexibility index (Phi) is 3.72. The van der Waals surface area contributed by atoms with Gasteiger partial charge in [0, 0.05) is 24.9 Å². The molecule has 1 amide bonds. The van der Waals surface area contributed by atoms with Gasteiger partial charge in [0.05, 0.1) is 11.6 Å². The maximum atomic E-state index is 12.4. The van der Waals surface area contributed by atoms with Crippen molar-refractivity contribution in [3.63, 3.8) is 0 Å². The largest absolute Gasteiger partial charge is 0.457 e. The topological polar surface area (TPSA) is 79.4 Å². The van der Waals surface area contributed by atoms with Gasteiger partial charge in [0.2, 0.25) is 0 Å². The Bertz CT molecular complexity index is 782. The minimum absolute atomic E-state index is 0.149. The highest BCUT2D eigenvalue weighted by Gasteiger charge is 2.35. The van der Waals surface area contributed by atoms with E-state index in [1.165, 1.54) is 6.20 Å². The quantitative estimate of drug-likeness (QED) is 0.800. The van der Waals surface area contributed by atoms with E-state index in [1.54, 1.807) is 11.0 Å². The van der Waals surface area contributed by atoms with Crippen molar-refractivity contribution in [3.8, 4) is 6.07 Å². The standard InChI is InChI=1S/C17H19N3O3/c1-17(2,3)23-16(21)20-6-4-5-13(20)15-8-12-14(22-15)7-11(9-18)10-19-12/h7-8,10,13H,4-6H2,1-3H3/t13-/m1/s1. The number of aromatic nitrogens is 1. The molecule has 0 aliphatic carbocycles. The van der Waals surface area contributed by atoms with E-state index in [0.717, 1.165) is 12.8 Å². The van der Waals surface area contributed by atoms with Gasteiger partial charge in [-0.1, -0.05) is 0 Å². The summed E-state index contributed by atoms with van der Waals surface area (Å²) in [6.45, 7) is 6.20. The number of nitriles is 1. The number of carbonyl (C=O) groups is 1. The first-order valence-corrected chi connectivity index (χ1v) is 7.66. The van der Waals surface area contributed by atoms with Crippen LogP contribution in [-0.4, -0.2) is 28.1 Å². The number of fused-ring (bicyclic) bond motifs is 1. The Balaban J connectivity index is 1.88. The zero-order valence-electron chi connectivity index (χ0n) is 13.5. The van der Waals surface area contributed by atoms with E-state index in [9.17, 15) is 4.79 Å². The summed E-state index contributed by atoms with van der Waals surface area (Å²) < 4.78 is 11.3. The van der Waals surface area contributed by atoms with Gasteiger partial charge >= 0.3 is 6.09 Å². The van der Waals surface area contributed by atoms with Gasteiger partial charge in [-0.15, -0.1) is 0 Å². The van der Waals surface area contributed by atoms with Gasteiger partial charge < -0.3 is 9.15 Å². The number of nitrogens with zero attached hydrogens (tertiary/aromatic N) is 3. The lowest BCUT2D eigenvalue weighted by Gasteiger charge is -2.27. The lowest BCUT2D eigenvalue weighted by Crippen LogP contribution is -2.36. The molecule has 6 heteroatoms. The molecule has 2 aromatic rings. The number of carbonyl (C=O) groups excluding carboxylic acids is 1. The molecule has 3 rings (SSSR count). The zero-order valence-corrected chi connectivity index (χ0v) is 13.5. The summed E-state index contributed by atoms with van der Waals surface area (Å²) in [5.74, 6) is 0.686. The number of likely N-dealkylation sites (tertiary alicyclic amines) is 1. The van der Waals surface area contributed by atoms with E-state index in [1.807, 2.05) is 32.9 Å². The van der Waals surface area contributed by atoms with Crippen molar-refractivity contribution < 1.29 is 13.9 Å². The first kappa shape index (κ1) is 15.3. The third kappa shape index (κ3) is 3.14. The maximum Gasteiger partial charge on any atom is 0.410 e. The van der Waals surface area contributed by atoms with Crippen molar-refractivity contribution in [2.75, 3.05) is 6.54 Å². The van der Waals surface area contributed by atoms with Crippen LogP contribution in [0.15, 0.2) is 22.7 Å². The Morgan fingerprint density at radius 1 is 1.48 bits per heavy atom. The van der Waals surface area contributed by atoms with E-state index in [-0.39, 0.29) is 12.1 Å². The number of ether oxygens (including phenoxy) is 1.